The van der Waals surface area contributed by atoms with Crippen molar-refractivity contribution in [2.45, 2.75) is 12.5 Å². The summed E-state index contributed by atoms with van der Waals surface area (Å²) in [5, 5.41) is 3.32. The van der Waals surface area contributed by atoms with Gasteiger partial charge in [0.25, 0.3) is 0 Å². The lowest BCUT2D eigenvalue weighted by atomic mass is 10.0. The Morgan fingerprint density at radius 2 is 2.22 bits per heavy atom. The number of piperidine rings is 1. The molecule has 0 aliphatic carbocycles. The highest BCUT2D eigenvalue weighted by Gasteiger charge is 2.28. The zero-order chi connectivity index (χ0) is 5.40. The zero-order valence-corrected chi connectivity index (χ0v) is 6.12. The van der Waals surface area contributed by atoms with Crippen LogP contribution in [0.2, 0.25) is 0 Å². The molecule has 0 spiro atoms. The summed E-state index contributed by atoms with van der Waals surface area (Å²) < 4.78 is 5.41. The van der Waals surface area contributed by atoms with E-state index in [0.717, 1.165) is 19.1 Å². The van der Waals surface area contributed by atoms with Crippen molar-refractivity contribution in [3.8, 4) is 0 Å². The van der Waals surface area contributed by atoms with Crippen molar-refractivity contribution in [1.29, 1.82) is 0 Å². The van der Waals surface area contributed by atoms with Crippen LogP contribution >= 0.6 is 12.4 Å². The highest BCUT2D eigenvalue weighted by atomic mass is 35.5. The first kappa shape index (κ1) is 7.32. The van der Waals surface area contributed by atoms with Gasteiger partial charge in [-0.1, -0.05) is 0 Å². The number of nitrogens with one attached hydrogen (secondary N) is 1. The van der Waals surface area contributed by atoms with Crippen LogP contribution in [0.3, 0.4) is 0 Å². The Morgan fingerprint density at radius 3 is 2.89 bits per heavy atom. The predicted molar refractivity (Wildman–Crippen MR) is 38.0 cm³/mol. The van der Waals surface area contributed by atoms with Crippen molar-refractivity contribution in [3.05, 3.63) is 0 Å². The summed E-state index contributed by atoms with van der Waals surface area (Å²) in [5.41, 5.74) is 0. The second-order valence-electron chi connectivity index (χ2n) is 2.72. The van der Waals surface area contributed by atoms with Crippen LogP contribution in [-0.4, -0.2) is 25.8 Å². The molecule has 9 heavy (non-hydrogen) atoms. The first-order valence-electron chi connectivity index (χ1n) is 3.27. The maximum atomic E-state index is 5.41. The van der Waals surface area contributed by atoms with Gasteiger partial charge in [-0.05, 0) is 12.3 Å². The van der Waals surface area contributed by atoms with Gasteiger partial charge in [0.1, 0.15) is 0 Å². The molecule has 0 amide bonds. The molecule has 2 aliphatic rings. The van der Waals surface area contributed by atoms with Crippen LogP contribution in [0.5, 0.6) is 0 Å². The lowest BCUT2D eigenvalue weighted by molar-refractivity contribution is 0.116. The average molecular weight is 150 g/mol. The Bertz CT molecular complexity index is 85.1. The molecular weight excluding hydrogens is 138 g/mol. The summed E-state index contributed by atoms with van der Waals surface area (Å²) in [6.45, 7) is 3.25. The van der Waals surface area contributed by atoms with Crippen molar-refractivity contribution in [2.75, 3.05) is 19.7 Å². The molecule has 2 nitrogen and oxygen atoms in total. The summed E-state index contributed by atoms with van der Waals surface area (Å²) >= 11 is 0. The first-order chi connectivity index (χ1) is 3.95. The fourth-order valence-corrected chi connectivity index (χ4v) is 1.51. The van der Waals surface area contributed by atoms with E-state index in [1.54, 1.807) is 0 Å². The monoisotopic (exact) mass is 149 g/mol. The van der Waals surface area contributed by atoms with Crippen LogP contribution < -0.4 is 5.32 Å². The second kappa shape index (κ2) is 2.86. The predicted octanol–water partition coefficient (Wildman–Crippen LogP) is 0.416. The average Bonchev–Trinajstić information content (AvgIpc) is 2.12. The molecule has 54 valence electrons. The quantitative estimate of drug-likeness (QED) is 0.539. The molecule has 0 aromatic carbocycles. The van der Waals surface area contributed by atoms with Crippen LogP contribution in [0, 0.1) is 5.92 Å². The van der Waals surface area contributed by atoms with E-state index in [-0.39, 0.29) is 12.4 Å². The summed E-state index contributed by atoms with van der Waals surface area (Å²) in [6.07, 6.45) is 1.85. The van der Waals surface area contributed by atoms with Crippen molar-refractivity contribution in [2.24, 2.45) is 5.92 Å². The number of hydrogen-bond acceptors (Lipinski definition) is 2. The fourth-order valence-electron chi connectivity index (χ4n) is 1.51. The van der Waals surface area contributed by atoms with Gasteiger partial charge in [0.15, 0.2) is 0 Å². The van der Waals surface area contributed by atoms with Gasteiger partial charge < -0.3 is 10.1 Å². The largest absolute Gasteiger partial charge is 0.377 e. The Morgan fingerprint density at radius 1 is 1.33 bits per heavy atom. The summed E-state index contributed by atoms with van der Waals surface area (Å²) in [5.74, 6) is 0.828. The van der Waals surface area contributed by atoms with Gasteiger partial charge in [0.2, 0.25) is 0 Å². The lowest BCUT2D eigenvalue weighted by Crippen LogP contribution is -2.34. The van der Waals surface area contributed by atoms with Crippen LogP contribution in [0.1, 0.15) is 6.42 Å². The number of fused-ring (bicyclic) bond motifs is 2. The summed E-state index contributed by atoms with van der Waals surface area (Å²) in [7, 11) is 0. The second-order valence-corrected chi connectivity index (χ2v) is 2.72. The van der Waals surface area contributed by atoms with E-state index in [1.807, 2.05) is 0 Å². The summed E-state index contributed by atoms with van der Waals surface area (Å²) in [6, 6.07) is 0. The van der Waals surface area contributed by atoms with Crippen molar-refractivity contribution in [3.63, 3.8) is 0 Å². The van der Waals surface area contributed by atoms with Gasteiger partial charge >= 0.3 is 0 Å². The molecule has 0 aromatic heterocycles. The van der Waals surface area contributed by atoms with Crippen LogP contribution in [-0.2, 0) is 4.74 Å². The van der Waals surface area contributed by atoms with E-state index in [0.29, 0.717) is 6.10 Å². The SMILES string of the molecule is C1NCC2CC1CO2.Cl. The van der Waals surface area contributed by atoms with E-state index in [9.17, 15) is 0 Å². The van der Waals surface area contributed by atoms with Gasteiger partial charge in [-0.15, -0.1) is 12.4 Å². The Balaban J connectivity index is 0.000000405. The van der Waals surface area contributed by atoms with Gasteiger partial charge in [-0.3, -0.25) is 0 Å². The minimum atomic E-state index is 0. The molecule has 2 saturated heterocycles. The Labute approximate surface area is 61.4 Å². The maximum Gasteiger partial charge on any atom is 0.0703 e. The highest BCUT2D eigenvalue weighted by Crippen LogP contribution is 2.21. The molecule has 0 radical (unpaired) electrons. The topological polar surface area (TPSA) is 21.3 Å². The third-order valence-electron chi connectivity index (χ3n) is 1.97. The third kappa shape index (κ3) is 1.37. The number of ether oxygens (including phenoxy) is 1. The minimum absolute atomic E-state index is 0. The molecule has 0 saturated carbocycles. The van der Waals surface area contributed by atoms with Gasteiger partial charge in [-0.25, -0.2) is 0 Å². The molecule has 2 unspecified atom stereocenters. The Hall–Kier alpha value is 0.210. The first-order valence-corrected chi connectivity index (χ1v) is 3.27. The molecule has 2 atom stereocenters. The van der Waals surface area contributed by atoms with Crippen molar-refractivity contribution < 1.29 is 4.74 Å². The van der Waals surface area contributed by atoms with E-state index in [4.69, 9.17) is 4.74 Å². The molecule has 2 heterocycles. The molecule has 3 heteroatoms. The van der Waals surface area contributed by atoms with E-state index in [2.05, 4.69) is 5.32 Å². The smallest absolute Gasteiger partial charge is 0.0703 e. The summed E-state index contributed by atoms with van der Waals surface area (Å²) in [4.78, 5) is 0. The molecule has 0 aromatic rings. The van der Waals surface area contributed by atoms with Crippen LogP contribution in [0.4, 0.5) is 0 Å². The third-order valence-corrected chi connectivity index (χ3v) is 1.97. The standard InChI is InChI=1S/C6H11NO.ClH/c1-5-2-7-3-6(1)8-4-5;/h5-7H,1-4H2;1H. The number of hydrogen-bond donors (Lipinski definition) is 1. The molecule has 1 N–H and O–H groups in total. The Kier molecular flexibility index (Phi) is 2.33. The maximum absolute atomic E-state index is 5.41. The number of halogens is 1. The van der Waals surface area contributed by atoms with Crippen LogP contribution in [0.25, 0.3) is 0 Å². The van der Waals surface area contributed by atoms with E-state index in [1.165, 1.54) is 13.0 Å². The molecule has 2 fully saturated rings. The molecular formula is C6H12ClNO. The molecule has 2 aliphatic heterocycles. The zero-order valence-electron chi connectivity index (χ0n) is 5.30. The van der Waals surface area contributed by atoms with Gasteiger partial charge in [0, 0.05) is 13.1 Å². The van der Waals surface area contributed by atoms with Gasteiger partial charge in [0.05, 0.1) is 12.7 Å². The highest BCUT2D eigenvalue weighted by molar-refractivity contribution is 5.85. The number of rotatable bonds is 0. The molecule has 2 bridgehead atoms. The molecule has 2 rings (SSSR count). The fraction of sp³-hybridized carbons (Fsp3) is 1.00. The van der Waals surface area contributed by atoms with Gasteiger partial charge in [-0.2, -0.15) is 0 Å². The normalized spacial score (nSPS) is 40.0. The van der Waals surface area contributed by atoms with Crippen LogP contribution in [0.15, 0.2) is 0 Å². The lowest BCUT2D eigenvalue weighted by Gasteiger charge is -2.16. The van der Waals surface area contributed by atoms with Crippen molar-refractivity contribution in [1.82, 2.24) is 5.32 Å². The van der Waals surface area contributed by atoms with E-state index < -0.39 is 0 Å². The van der Waals surface area contributed by atoms with Crippen molar-refractivity contribution >= 4 is 12.4 Å². The van der Waals surface area contributed by atoms with E-state index >= 15 is 0 Å². The minimum Gasteiger partial charge on any atom is -0.377 e.